The van der Waals surface area contributed by atoms with Gasteiger partial charge in [-0.2, -0.15) is 0 Å². The van der Waals surface area contributed by atoms with Crippen LogP contribution in [0.4, 0.5) is 11.4 Å². The highest BCUT2D eigenvalue weighted by molar-refractivity contribution is 8.18. The van der Waals surface area contributed by atoms with Crippen LogP contribution in [0.1, 0.15) is 11.1 Å². The first-order valence-electron chi connectivity index (χ1n) is 8.18. The van der Waals surface area contributed by atoms with Gasteiger partial charge in [0.1, 0.15) is 5.75 Å². The predicted molar refractivity (Wildman–Crippen MR) is 108 cm³/mol. The maximum Gasteiger partial charge on any atom is 0.311 e. The van der Waals surface area contributed by atoms with Gasteiger partial charge < -0.3 is 14.8 Å². The van der Waals surface area contributed by atoms with Gasteiger partial charge in [-0.15, -0.1) is 0 Å². The molecule has 9 heteroatoms. The van der Waals surface area contributed by atoms with E-state index >= 15 is 0 Å². The average Bonchev–Trinajstić information content (AvgIpc) is 3.02. The number of thioether (sulfide) groups is 1. The monoisotopic (exact) mass is 399 g/mol. The van der Waals surface area contributed by atoms with E-state index in [1.807, 2.05) is 31.2 Å². The Labute approximate surface area is 165 Å². The molecule has 1 aliphatic rings. The fourth-order valence-electron chi connectivity index (χ4n) is 2.52. The molecule has 1 saturated heterocycles. The van der Waals surface area contributed by atoms with E-state index in [2.05, 4.69) is 10.3 Å². The highest BCUT2D eigenvalue weighted by atomic mass is 32.2. The number of nitrogens with zero attached hydrogens (tertiary/aromatic N) is 2. The Morgan fingerprint density at radius 2 is 1.82 bits per heavy atom. The number of aryl methyl sites for hydroxylation is 1. The number of hydrogen-bond acceptors (Lipinski definition) is 7. The molecule has 0 bridgehead atoms. The Hall–Kier alpha value is -3.33. The van der Waals surface area contributed by atoms with Crippen LogP contribution < -0.4 is 14.8 Å². The zero-order valence-corrected chi connectivity index (χ0v) is 16.2. The van der Waals surface area contributed by atoms with Crippen molar-refractivity contribution in [1.29, 1.82) is 0 Å². The summed E-state index contributed by atoms with van der Waals surface area (Å²) < 4.78 is 10.3. The van der Waals surface area contributed by atoms with Crippen molar-refractivity contribution >= 4 is 40.3 Å². The molecule has 8 nitrogen and oxygen atoms in total. The van der Waals surface area contributed by atoms with Gasteiger partial charge in [0.05, 0.1) is 29.7 Å². The van der Waals surface area contributed by atoms with Crippen molar-refractivity contribution in [3.8, 4) is 11.5 Å². The number of nitrogens with one attached hydrogen (secondary N) is 1. The van der Waals surface area contributed by atoms with Crippen molar-refractivity contribution < 1.29 is 19.2 Å². The Balaban J connectivity index is 1.95. The Bertz CT molecular complexity index is 999. The highest BCUT2D eigenvalue weighted by Crippen LogP contribution is 2.37. The number of benzene rings is 2. The van der Waals surface area contributed by atoms with Crippen LogP contribution in [0.25, 0.3) is 6.08 Å². The normalized spacial score (nSPS) is 16.3. The molecule has 0 atom stereocenters. The van der Waals surface area contributed by atoms with Gasteiger partial charge in [-0.1, -0.05) is 17.7 Å². The third-order valence-corrected chi connectivity index (χ3v) is 4.84. The maximum absolute atomic E-state index is 12.3. The Morgan fingerprint density at radius 3 is 2.43 bits per heavy atom. The number of hydrogen-bond donors (Lipinski definition) is 1. The molecule has 0 radical (unpaired) electrons. The van der Waals surface area contributed by atoms with E-state index in [0.717, 1.165) is 17.3 Å². The van der Waals surface area contributed by atoms with Gasteiger partial charge in [-0.3, -0.25) is 14.9 Å². The Kier molecular flexibility index (Phi) is 5.65. The minimum Gasteiger partial charge on any atom is -0.496 e. The minimum atomic E-state index is -0.549. The van der Waals surface area contributed by atoms with Gasteiger partial charge in [0.15, 0.2) is 5.17 Å². The first kappa shape index (κ1) is 19.4. The standard InChI is InChI=1S/C19H17N3O5S/c1-11-4-6-13(7-5-11)20-19-21-18(23)17(28-19)9-12-8-14(22(24)25)16(27-3)10-15(12)26-2/h4-10H,1-3H3,(H,20,21,23)/b17-9+. The second-order valence-corrected chi connectivity index (χ2v) is 6.87. The second-order valence-electron chi connectivity index (χ2n) is 5.84. The molecule has 1 fully saturated rings. The largest absolute Gasteiger partial charge is 0.496 e. The van der Waals surface area contributed by atoms with Crippen LogP contribution in [0.5, 0.6) is 11.5 Å². The molecule has 2 aromatic carbocycles. The summed E-state index contributed by atoms with van der Waals surface area (Å²) in [4.78, 5) is 27.8. The van der Waals surface area contributed by atoms with Crippen LogP contribution in [0.2, 0.25) is 0 Å². The lowest BCUT2D eigenvalue weighted by Gasteiger charge is -2.08. The van der Waals surface area contributed by atoms with E-state index in [9.17, 15) is 14.9 Å². The molecular formula is C19H17N3O5S. The van der Waals surface area contributed by atoms with E-state index in [1.165, 1.54) is 32.4 Å². The molecule has 1 heterocycles. The highest BCUT2D eigenvalue weighted by Gasteiger charge is 2.26. The zero-order chi connectivity index (χ0) is 20.3. The fourth-order valence-corrected chi connectivity index (χ4v) is 3.35. The molecule has 28 heavy (non-hydrogen) atoms. The molecule has 2 aromatic rings. The molecule has 0 aliphatic carbocycles. The average molecular weight is 399 g/mol. The fraction of sp³-hybridized carbons (Fsp3) is 0.158. The van der Waals surface area contributed by atoms with E-state index in [0.29, 0.717) is 27.1 Å². The van der Waals surface area contributed by atoms with Crippen LogP contribution in [0.3, 0.4) is 0 Å². The van der Waals surface area contributed by atoms with Crippen LogP contribution in [0, 0.1) is 17.0 Å². The second kappa shape index (κ2) is 8.13. The van der Waals surface area contributed by atoms with Crippen molar-refractivity contribution in [3.63, 3.8) is 0 Å². The molecular weight excluding hydrogens is 382 g/mol. The molecule has 0 aromatic heterocycles. The summed E-state index contributed by atoms with van der Waals surface area (Å²) in [5.41, 5.74) is 2.00. The molecule has 3 rings (SSSR count). The summed E-state index contributed by atoms with van der Waals surface area (Å²) in [5, 5.41) is 14.4. The van der Waals surface area contributed by atoms with Gasteiger partial charge in [0.2, 0.25) is 5.75 Å². The van der Waals surface area contributed by atoms with Gasteiger partial charge in [0.25, 0.3) is 5.91 Å². The third kappa shape index (κ3) is 4.15. The number of methoxy groups -OCH3 is 2. The maximum atomic E-state index is 12.3. The van der Waals surface area contributed by atoms with Gasteiger partial charge in [0, 0.05) is 17.7 Å². The number of rotatable bonds is 5. The molecule has 144 valence electrons. The summed E-state index contributed by atoms with van der Waals surface area (Å²) in [7, 11) is 2.78. The molecule has 1 aliphatic heterocycles. The van der Waals surface area contributed by atoms with Gasteiger partial charge in [-0.05, 0) is 36.9 Å². The SMILES string of the molecule is COc1cc(OC)c([N+](=O)[O-])cc1/C=C1/SC(=Nc2ccc(C)cc2)NC1=O. The molecule has 0 unspecified atom stereocenters. The number of carbonyl (C=O) groups is 1. The minimum absolute atomic E-state index is 0.0779. The van der Waals surface area contributed by atoms with Crippen molar-refractivity contribution in [2.45, 2.75) is 6.92 Å². The van der Waals surface area contributed by atoms with E-state index in [4.69, 9.17) is 9.47 Å². The predicted octanol–water partition coefficient (Wildman–Crippen LogP) is 3.81. The topological polar surface area (TPSA) is 103 Å². The number of ether oxygens (including phenoxy) is 2. The van der Waals surface area contributed by atoms with Gasteiger partial charge in [-0.25, -0.2) is 4.99 Å². The van der Waals surface area contributed by atoms with Crippen LogP contribution in [-0.2, 0) is 4.79 Å². The zero-order valence-electron chi connectivity index (χ0n) is 15.4. The van der Waals surface area contributed by atoms with Gasteiger partial charge >= 0.3 is 5.69 Å². The summed E-state index contributed by atoms with van der Waals surface area (Å²) >= 11 is 1.15. The van der Waals surface area contributed by atoms with Crippen molar-refractivity contribution in [3.05, 3.63) is 62.5 Å². The number of amidine groups is 1. The van der Waals surface area contributed by atoms with E-state index in [-0.39, 0.29) is 17.3 Å². The smallest absolute Gasteiger partial charge is 0.311 e. The summed E-state index contributed by atoms with van der Waals surface area (Å²) in [6.45, 7) is 1.98. The number of amides is 1. The number of nitro benzene ring substituents is 1. The lowest BCUT2D eigenvalue weighted by atomic mass is 10.1. The molecule has 1 N–H and O–H groups in total. The third-order valence-electron chi connectivity index (χ3n) is 3.93. The Morgan fingerprint density at radius 1 is 1.14 bits per heavy atom. The molecule has 1 amide bonds. The number of carbonyl (C=O) groups excluding carboxylic acids is 1. The van der Waals surface area contributed by atoms with Crippen LogP contribution >= 0.6 is 11.8 Å². The molecule has 0 spiro atoms. The first-order valence-corrected chi connectivity index (χ1v) is 8.99. The quantitative estimate of drug-likeness (QED) is 0.466. The first-order chi connectivity index (χ1) is 13.4. The number of nitro groups is 1. The van der Waals surface area contributed by atoms with E-state index in [1.54, 1.807) is 0 Å². The van der Waals surface area contributed by atoms with Crippen molar-refractivity contribution in [2.75, 3.05) is 14.2 Å². The van der Waals surface area contributed by atoms with E-state index < -0.39 is 4.92 Å². The van der Waals surface area contributed by atoms with Crippen molar-refractivity contribution in [2.24, 2.45) is 4.99 Å². The molecule has 0 saturated carbocycles. The van der Waals surface area contributed by atoms with Crippen molar-refractivity contribution in [1.82, 2.24) is 5.32 Å². The van der Waals surface area contributed by atoms with Crippen LogP contribution in [-0.4, -0.2) is 30.2 Å². The summed E-state index contributed by atoms with van der Waals surface area (Å²) in [6, 6.07) is 10.3. The summed E-state index contributed by atoms with van der Waals surface area (Å²) in [5.74, 6) is 0.0952. The summed E-state index contributed by atoms with van der Waals surface area (Å²) in [6.07, 6.45) is 1.53. The lowest BCUT2D eigenvalue weighted by Crippen LogP contribution is -2.19. The van der Waals surface area contributed by atoms with Crippen LogP contribution in [0.15, 0.2) is 46.3 Å². The number of aliphatic imine (C=N–C) groups is 1. The lowest BCUT2D eigenvalue weighted by molar-refractivity contribution is -0.385.